The normalized spacial score (nSPS) is 16.2. The molecular weight excluding hydrogens is 424 g/mol. The number of benzene rings is 2. The minimum atomic E-state index is -0.745. The van der Waals surface area contributed by atoms with Crippen molar-refractivity contribution in [2.45, 2.75) is 0 Å². The summed E-state index contributed by atoms with van der Waals surface area (Å²) in [5.74, 6) is -1.99. The van der Waals surface area contributed by atoms with Crippen molar-refractivity contribution < 1.29 is 33.3 Å². The van der Waals surface area contributed by atoms with E-state index in [0.29, 0.717) is 27.8 Å². The van der Waals surface area contributed by atoms with Crippen molar-refractivity contribution in [3.05, 3.63) is 89.3 Å². The third-order valence-corrected chi connectivity index (χ3v) is 5.36. The van der Waals surface area contributed by atoms with Gasteiger partial charge in [0.25, 0.3) is 0 Å². The summed E-state index contributed by atoms with van der Waals surface area (Å²) in [6, 6.07) is 12.5. The second-order valence-electron chi connectivity index (χ2n) is 7.05. The highest BCUT2D eigenvalue weighted by Crippen LogP contribution is 2.47. The molecule has 2 aromatic rings. The van der Waals surface area contributed by atoms with Crippen LogP contribution in [-0.2, 0) is 23.8 Å². The van der Waals surface area contributed by atoms with Gasteiger partial charge in [0.2, 0.25) is 6.20 Å². The number of nitrogens with one attached hydrogen (secondary N) is 1. The Morgan fingerprint density at radius 3 is 2.12 bits per heavy atom. The second kappa shape index (κ2) is 8.96. The molecule has 166 valence electrons. The molecule has 0 unspecified atom stereocenters. The molecule has 1 aliphatic carbocycles. The fraction of sp³-hybridized carbons (Fsp3) is 0.120. The topological polar surface area (TPSA) is 93.9 Å². The van der Waals surface area contributed by atoms with Crippen LogP contribution in [0.1, 0.15) is 21.5 Å². The molecule has 0 bridgehead atoms. The predicted octanol–water partition coefficient (Wildman–Crippen LogP) is 2.60. The first-order valence-electron chi connectivity index (χ1n) is 10.0. The minimum Gasteiger partial charge on any atom is -0.465 e. The van der Waals surface area contributed by atoms with Gasteiger partial charge in [-0.05, 0) is 28.8 Å². The molecular formula is C25H21N2O6+. The Labute approximate surface area is 190 Å². The van der Waals surface area contributed by atoms with Crippen molar-refractivity contribution in [3.8, 4) is 11.1 Å². The van der Waals surface area contributed by atoms with Crippen molar-refractivity contribution in [2.24, 2.45) is 0 Å². The SMILES string of the molecule is COC(=O)C(/C(C(=O)OC)=C1\c2ccccc2-c2c(C(=O)OC)cccc21)=[N+]1C=CC=CN1. The molecule has 0 aromatic heterocycles. The number of hydrazone groups is 1. The monoisotopic (exact) mass is 445 g/mol. The Balaban J connectivity index is 2.16. The number of carbonyl (C=O) groups excluding carboxylic acids is 3. The molecule has 0 fully saturated rings. The van der Waals surface area contributed by atoms with Gasteiger partial charge in [-0.25, -0.2) is 14.4 Å². The van der Waals surface area contributed by atoms with Crippen molar-refractivity contribution in [2.75, 3.05) is 21.3 Å². The van der Waals surface area contributed by atoms with Crippen LogP contribution in [0.4, 0.5) is 0 Å². The van der Waals surface area contributed by atoms with E-state index in [1.54, 1.807) is 42.8 Å². The first-order valence-corrected chi connectivity index (χ1v) is 10.0. The molecule has 1 aliphatic heterocycles. The summed E-state index contributed by atoms with van der Waals surface area (Å²) in [5, 5.41) is 0. The predicted molar refractivity (Wildman–Crippen MR) is 120 cm³/mol. The number of allylic oxidation sites excluding steroid dienone is 2. The summed E-state index contributed by atoms with van der Waals surface area (Å²) in [6.07, 6.45) is 6.63. The lowest BCUT2D eigenvalue weighted by atomic mass is 9.94. The average Bonchev–Trinajstić information content (AvgIpc) is 3.20. The van der Waals surface area contributed by atoms with Gasteiger partial charge >= 0.3 is 23.6 Å². The van der Waals surface area contributed by atoms with Crippen LogP contribution in [0.2, 0.25) is 0 Å². The molecule has 33 heavy (non-hydrogen) atoms. The van der Waals surface area contributed by atoms with Gasteiger partial charge in [0.05, 0.1) is 33.1 Å². The lowest BCUT2D eigenvalue weighted by Crippen LogP contribution is -2.37. The molecule has 8 heteroatoms. The first-order chi connectivity index (χ1) is 16.0. The number of nitrogens with zero attached hydrogens (tertiary/aromatic N) is 1. The molecule has 0 saturated heterocycles. The van der Waals surface area contributed by atoms with Crippen molar-refractivity contribution in [1.29, 1.82) is 0 Å². The maximum atomic E-state index is 13.2. The zero-order chi connectivity index (χ0) is 23.5. The van der Waals surface area contributed by atoms with Gasteiger partial charge < -0.3 is 14.2 Å². The quantitative estimate of drug-likeness (QED) is 0.286. The molecule has 2 aliphatic rings. The second-order valence-corrected chi connectivity index (χ2v) is 7.05. The number of hydrazine groups is 1. The number of hydrogen-bond donors (Lipinski definition) is 1. The van der Waals surface area contributed by atoms with Crippen LogP contribution in [0.5, 0.6) is 0 Å². The van der Waals surface area contributed by atoms with E-state index in [1.807, 2.05) is 24.3 Å². The number of rotatable bonds is 4. The van der Waals surface area contributed by atoms with E-state index in [1.165, 1.54) is 26.0 Å². The molecule has 0 spiro atoms. The fourth-order valence-corrected chi connectivity index (χ4v) is 4.00. The number of methoxy groups -OCH3 is 3. The Hall–Kier alpha value is -4.46. The van der Waals surface area contributed by atoms with Crippen molar-refractivity contribution in [1.82, 2.24) is 5.43 Å². The Morgan fingerprint density at radius 2 is 1.48 bits per heavy atom. The van der Waals surface area contributed by atoms with Crippen LogP contribution in [0.3, 0.4) is 0 Å². The van der Waals surface area contributed by atoms with E-state index in [0.717, 1.165) is 5.56 Å². The first kappa shape index (κ1) is 21.8. The summed E-state index contributed by atoms with van der Waals surface area (Å²) in [4.78, 5) is 38.7. The summed E-state index contributed by atoms with van der Waals surface area (Å²) in [5.41, 5.74) is 6.25. The molecule has 0 saturated carbocycles. The number of hydrogen-bond acceptors (Lipinski definition) is 7. The van der Waals surface area contributed by atoms with Crippen molar-refractivity contribution >= 4 is 29.2 Å². The Kier molecular flexibility index (Phi) is 5.91. The van der Waals surface area contributed by atoms with E-state index in [4.69, 9.17) is 14.2 Å². The van der Waals surface area contributed by atoms with E-state index in [9.17, 15) is 14.4 Å². The Bertz CT molecular complexity index is 1300. The molecule has 1 N–H and O–H groups in total. The van der Waals surface area contributed by atoms with Crippen LogP contribution in [0, 0.1) is 0 Å². The standard InChI is InChI=1S/C25H20N2O6/c1-31-23(28)18-12-8-11-17-19(18)15-9-4-5-10-16(15)20(17)21(24(29)32-2)22(25(30)33-3)27-14-7-6-13-26-27/h4-14H,1-3H3/p+1. The molecule has 1 heterocycles. The number of fused-ring (bicyclic) bond motifs is 3. The summed E-state index contributed by atoms with van der Waals surface area (Å²) in [7, 11) is 3.78. The van der Waals surface area contributed by atoms with Gasteiger partial charge in [-0.3, -0.25) is 0 Å². The van der Waals surface area contributed by atoms with Gasteiger partial charge in [-0.2, -0.15) is 5.43 Å². The molecule has 2 aromatic carbocycles. The van der Waals surface area contributed by atoms with Crippen LogP contribution in [-0.4, -0.2) is 49.6 Å². The van der Waals surface area contributed by atoms with E-state index in [2.05, 4.69) is 5.43 Å². The third-order valence-electron chi connectivity index (χ3n) is 5.36. The lowest BCUT2D eigenvalue weighted by molar-refractivity contribution is -0.510. The molecule has 0 amide bonds. The average molecular weight is 445 g/mol. The van der Waals surface area contributed by atoms with Crippen LogP contribution < -0.4 is 5.43 Å². The smallest absolute Gasteiger partial charge is 0.407 e. The minimum absolute atomic E-state index is 0.00924. The van der Waals surface area contributed by atoms with Gasteiger partial charge in [0, 0.05) is 17.2 Å². The zero-order valence-electron chi connectivity index (χ0n) is 18.2. The van der Waals surface area contributed by atoms with Crippen LogP contribution in [0.15, 0.2) is 72.6 Å². The van der Waals surface area contributed by atoms with E-state index >= 15 is 0 Å². The third kappa shape index (κ3) is 3.61. The zero-order valence-corrected chi connectivity index (χ0v) is 18.2. The number of esters is 3. The molecule has 0 atom stereocenters. The van der Waals surface area contributed by atoms with Gasteiger partial charge in [-0.1, -0.05) is 41.1 Å². The van der Waals surface area contributed by atoms with Gasteiger partial charge in [0.15, 0.2) is 5.57 Å². The van der Waals surface area contributed by atoms with Crippen LogP contribution in [0.25, 0.3) is 16.7 Å². The maximum absolute atomic E-state index is 13.2. The van der Waals surface area contributed by atoms with Gasteiger partial charge in [-0.15, -0.1) is 0 Å². The highest BCUT2D eigenvalue weighted by Gasteiger charge is 2.41. The highest BCUT2D eigenvalue weighted by atomic mass is 16.5. The maximum Gasteiger partial charge on any atom is 0.407 e. The van der Waals surface area contributed by atoms with Gasteiger partial charge in [0.1, 0.15) is 0 Å². The van der Waals surface area contributed by atoms with Crippen molar-refractivity contribution in [3.63, 3.8) is 0 Å². The molecule has 8 nitrogen and oxygen atoms in total. The lowest BCUT2D eigenvalue weighted by Gasteiger charge is -2.13. The van der Waals surface area contributed by atoms with E-state index in [-0.39, 0.29) is 11.3 Å². The summed E-state index contributed by atoms with van der Waals surface area (Å²) in [6.45, 7) is 0. The summed E-state index contributed by atoms with van der Waals surface area (Å²) < 4.78 is 16.5. The number of ether oxygens (including phenoxy) is 3. The Morgan fingerprint density at radius 1 is 0.788 bits per heavy atom. The summed E-state index contributed by atoms with van der Waals surface area (Å²) >= 11 is 0. The fourth-order valence-electron chi connectivity index (χ4n) is 4.00. The number of carbonyl (C=O) groups is 3. The molecule has 4 rings (SSSR count). The largest absolute Gasteiger partial charge is 0.465 e. The highest BCUT2D eigenvalue weighted by molar-refractivity contribution is 6.50. The molecule has 0 radical (unpaired) electrons. The van der Waals surface area contributed by atoms with E-state index < -0.39 is 17.9 Å². The van der Waals surface area contributed by atoms with Crippen LogP contribution >= 0.6 is 0 Å².